The Hall–Kier alpha value is -2.98. The first kappa shape index (κ1) is 26.1. The van der Waals surface area contributed by atoms with Crippen LogP contribution in [0.3, 0.4) is 0 Å². The van der Waals surface area contributed by atoms with Crippen LogP contribution in [0.1, 0.15) is 23.2 Å². The van der Waals surface area contributed by atoms with E-state index in [0.717, 1.165) is 9.47 Å². The molecule has 1 aliphatic heterocycles. The van der Waals surface area contributed by atoms with Gasteiger partial charge in [-0.25, -0.2) is 13.2 Å². The smallest absolute Gasteiger partial charge is 0.392 e. The van der Waals surface area contributed by atoms with Gasteiger partial charge < -0.3 is 14.2 Å². The second-order valence-corrected chi connectivity index (χ2v) is 11.4. The summed E-state index contributed by atoms with van der Waals surface area (Å²) >= 11 is 5.99. The van der Waals surface area contributed by atoms with E-state index in [1.807, 2.05) is 0 Å². The number of amides is 1. The quantitative estimate of drug-likeness (QED) is 0.410. The van der Waals surface area contributed by atoms with Crippen molar-refractivity contribution < 1.29 is 31.1 Å². The Balaban J connectivity index is 1.85. The number of ether oxygens (including phenoxy) is 1. The second-order valence-electron chi connectivity index (χ2n) is 8.77. The lowest BCUT2D eigenvalue weighted by Gasteiger charge is -2.23. The van der Waals surface area contributed by atoms with Gasteiger partial charge in [-0.05, 0) is 42.2 Å². The normalized spacial score (nSPS) is 17.2. The molecule has 0 N–H and O–H groups in total. The topological polar surface area (TPSA) is 68.6 Å². The van der Waals surface area contributed by atoms with Crippen molar-refractivity contribution in [3.05, 3.63) is 76.4 Å². The van der Waals surface area contributed by atoms with Crippen LogP contribution in [0.15, 0.2) is 54.6 Å². The van der Waals surface area contributed by atoms with Crippen LogP contribution in [0.5, 0.6) is 5.88 Å². The van der Waals surface area contributed by atoms with E-state index in [4.69, 9.17) is 16.3 Å². The predicted molar refractivity (Wildman–Crippen MR) is 131 cm³/mol. The van der Waals surface area contributed by atoms with Crippen LogP contribution >= 0.6 is 11.6 Å². The molecule has 1 aromatic heterocycles. The molecule has 0 aliphatic carbocycles. The van der Waals surface area contributed by atoms with E-state index in [1.165, 1.54) is 14.0 Å². The third-order valence-corrected chi connectivity index (χ3v) is 8.27. The molecule has 1 saturated heterocycles. The molecule has 3 aromatic rings. The highest BCUT2D eigenvalue weighted by Gasteiger charge is 2.41. The molecule has 0 saturated carbocycles. The number of hydrogen-bond donors (Lipinski definition) is 0. The van der Waals surface area contributed by atoms with Crippen molar-refractivity contribution in [1.82, 2.24) is 9.47 Å². The highest BCUT2D eigenvalue weighted by molar-refractivity contribution is 7.91. The first-order chi connectivity index (χ1) is 16.9. The second kappa shape index (κ2) is 9.82. The maximum atomic E-state index is 14.4. The number of hydrogen-bond acceptors (Lipinski definition) is 4. The first-order valence-electron chi connectivity index (χ1n) is 11.1. The lowest BCUT2D eigenvalue weighted by Crippen LogP contribution is -2.40. The number of carbonyl (C=O) groups is 1. The van der Waals surface area contributed by atoms with E-state index in [9.17, 15) is 26.4 Å². The van der Waals surface area contributed by atoms with Gasteiger partial charge in [0, 0.05) is 23.7 Å². The van der Waals surface area contributed by atoms with Crippen molar-refractivity contribution in [2.24, 2.45) is 0 Å². The molecule has 4 rings (SSSR count). The van der Waals surface area contributed by atoms with E-state index in [1.54, 1.807) is 54.6 Å². The summed E-state index contributed by atoms with van der Waals surface area (Å²) in [6.07, 6.45) is -5.45. The number of nitrogens with zero attached hydrogens (tertiary/aromatic N) is 2. The summed E-state index contributed by atoms with van der Waals surface area (Å²) in [6.45, 7) is 1.13. The highest BCUT2D eigenvalue weighted by atomic mass is 35.5. The molecule has 11 heteroatoms. The van der Waals surface area contributed by atoms with E-state index in [0.29, 0.717) is 16.1 Å². The Morgan fingerprint density at radius 3 is 2.33 bits per heavy atom. The number of benzene rings is 2. The van der Waals surface area contributed by atoms with Crippen molar-refractivity contribution in [1.29, 1.82) is 0 Å². The van der Waals surface area contributed by atoms with Crippen molar-refractivity contribution >= 4 is 27.5 Å². The van der Waals surface area contributed by atoms with Crippen LogP contribution in [0.4, 0.5) is 18.0 Å². The number of sulfone groups is 1. The standard InChI is InChI=1S/C25H24ClF3N2O4S/c1-16-21(18-8-10-19(26)11-9-18)23(35-24(32)30(2)20-12-13-36(33,34)15-20)31(22(16)25(27,28)29)14-17-6-4-3-5-7-17/h3-11,20H,12-15H2,1-2H3. The van der Waals surface area contributed by atoms with Gasteiger partial charge in [0.2, 0.25) is 5.88 Å². The van der Waals surface area contributed by atoms with Crippen LogP contribution in [0, 0.1) is 6.92 Å². The molecule has 1 atom stereocenters. The highest BCUT2D eigenvalue weighted by Crippen LogP contribution is 2.45. The monoisotopic (exact) mass is 540 g/mol. The van der Waals surface area contributed by atoms with Gasteiger partial charge in [0.15, 0.2) is 9.84 Å². The Kier molecular flexibility index (Phi) is 7.12. The minimum Gasteiger partial charge on any atom is -0.392 e. The number of alkyl halides is 3. The molecule has 1 unspecified atom stereocenters. The number of aromatic nitrogens is 1. The van der Waals surface area contributed by atoms with Crippen molar-refractivity contribution in [2.45, 2.75) is 32.1 Å². The maximum Gasteiger partial charge on any atom is 0.431 e. The van der Waals surface area contributed by atoms with Gasteiger partial charge in [0.05, 0.1) is 18.1 Å². The summed E-state index contributed by atoms with van der Waals surface area (Å²) in [4.78, 5) is 14.3. The SMILES string of the molecule is Cc1c(-c2ccc(Cl)cc2)c(OC(=O)N(C)C2CCS(=O)(=O)C2)n(Cc2ccccc2)c1C(F)(F)F. The van der Waals surface area contributed by atoms with E-state index in [2.05, 4.69) is 0 Å². The molecule has 6 nitrogen and oxygen atoms in total. The Morgan fingerprint density at radius 1 is 1.14 bits per heavy atom. The minimum absolute atomic E-state index is 0.0625. The average Bonchev–Trinajstić information content (AvgIpc) is 3.30. The Labute approximate surface area is 212 Å². The molecule has 1 fully saturated rings. The van der Waals surface area contributed by atoms with Gasteiger partial charge in [-0.2, -0.15) is 13.2 Å². The first-order valence-corrected chi connectivity index (χ1v) is 13.3. The molecule has 2 heterocycles. The zero-order valence-corrected chi connectivity index (χ0v) is 21.1. The summed E-state index contributed by atoms with van der Waals surface area (Å²) in [6, 6.07) is 14.1. The fraction of sp³-hybridized carbons (Fsp3) is 0.320. The van der Waals surface area contributed by atoms with E-state index < -0.39 is 33.8 Å². The van der Waals surface area contributed by atoms with Crippen molar-refractivity contribution in [2.75, 3.05) is 18.6 Å². The van der Waals surface area contributed by atoms with Gasteiger partial charge >= 0.3 is 12.3 Å². The molecule has 0 spiro atoms. The summed E-state index contributed by atoms with van der Waals surface area (Å²) < 4.78 is 73.4. The predicted octanol–water partition coefficient (Wildman–Crippen LogP) is 5.80. The minimum atomic E-state index is -4.74. The molecule has 192 valence electrons. The van der Waals surface area contributed by atoms with Crippen LogP contribution < -0.4 is 4.74 Å². The van der Waals surface area contributed by atoms with Crippen molar-refractivity contribution in [3.63, 3.8) is 0 Å². The summed E-state index contributed by atoms with van der Waals surface area (Å²) in [5.41, 5.74) is 0.0341. The lowest BCUT2D eigenvalue weighted by molar-refractivity contribution is -0.144. The molecule has 2 aromatic carbocycles. The molecule has 36 heavy (non-hydrogen) atoms. The van der Waals surface area contributed by atoms with Gasteiger partial charge in [-0.1, -0.05) is 54.1 Å². The van der Waals surface area contributed by atoms with Crippen LogP contribution in [-0.2, 0) is 22.6 Å². The zero-order chi connectivity index (χ0) is 26.3. The van der Waals surface area contributed by atoms with Crippen LogP contribution in [-0.4, -0.2) is 48.6 Å². The molecule has 0 bridgehead atoms. The molecular weight excluding hydrogens is 517 g/mol. The van der Waals surface area contributed by atoms with Gasteiger partial charge in [-0.3, -0.25) is 0 Å². The Morgan fingerprint density at radius 2 is 1.78 bits per heavy atom. The molecule has 0 radical (unpaired) electrons. The summed E-state index contributed by atoms with van der Waals surface area (Å²) in [7, 11) is -1.90. The average molecular weight is 541 g/mol. The van der Waals surface area contributed by atoms with Gasteiger partial charge in [0.25, 0.3) is 0 Å². The maximum absolute atomic E-state index is 14.4. The van der Waals surface area contributed by atoms with Crippen molar-refractivity contribution in [3.8, 4) is 17.0 Å². The fourth-order valence-electron chi connectivity index (χ4n) is 4.45. The van der Waals surface area contributed by atoms with Crippen LogP contribution in [0.2, 0.25) is 5.02 Å². The number of halogens is 4. The van der Waals surface area contributed by atoms with E-state index in [-0.39, 0.29) is 41.5 Å². The molecule has 1 amide bonds. The summed E-state index contributed by atoms with van der Waals surface area (Å²) in [5, 5.41) is 0.400. The van der Waals surface area contributed by atoms with Gasteiger partial charge in [0.1, 0.15) is 5.69 Å². The Bertz CT molecular complexity index is 1370. The van der Waals surface area contributed by atoms with Crippen LogP contribution in [0.25, 0.3) is 11.1 Å². The number of carbonyl (C=O) groups excluding carboxylic acids is 1. The largest absolute Gasteiger partial charge is 0.431 e. The van der Waals surface area contributed by atoms with E-state index >= 15 is 0 Å². The third kappa shape index (κ3) is 5.39. The fourth-order valence-corrected chi connectivity index (χ4v) is 6.35. The lowest BCUT2D eigenvalue weighted by atomic mass is 10.0. The number of rotatable bonds is 5. The third-order valence-electron chi connectivity index (χ3n) is 6.27. The zero-order valence-electron chi connectivity index (χ0n) is 19.5. The molecular formula is C25H24ClF3N2O4S. The molecule has 1 aliphatic rings. The summed E-state index contributed by atoms with van der Waals surface area (Å²) in [5.74, 6) is -0.559. The van der Waals surface area contributed by atoms with Gasteiger partial charge in [-0.15, -0.1) is 0 Å².